The van der Waals surface area contributed by atoms with Crippen molar-refractivity contribution in [3.05, 3.63) is 65.2 Å². The SMILES string of the molecule is O=C(NCCNc1ccccc1)OCCc1ccccc1Cl. The van der Waals surface area contributed by atoms with Gasteiger partial charge in [-0.1, -0.05) is 48.0 Å². The zero-order valence-electron chi connectivity index (χ0n) is 12.2. The maximum Gasteiger partial charge on any atom is 0.407 e. The molecule has 116 valence electrons. The molecule has 1 amide bonds. The Morgan fingerprint density at radius 1 is 1.00 bits per heavy atom. The summed E-state index contributed by atoms with van der Waals surface area (Å²) in [6.45, 7) is 1.45. The number of hydrogen-bond acceptors (Lipinski definition) is 3. The highest BCUT2D eigenvalue weighted by Crippen LogP contribution is 2.15. The van der Waals surface area contributed by atoms with Gasteiger partial charge in [0.2, 0.25) is 0 Å². The van der Waals surface area contributed by atoms with Crippen molar-refractivity contribution in [3.8, 4) is 0 Å². The van der Waals surface area contributed by atoms with Crippen LogP contribution in [0.4, 0.5) is 10.5 Å². The van der Waals surface area contributed by atoms with E-state index >= 15 is 0 Å². The summed E-state index contributed by atoms with van der Waals surface area (Å²) in [7, 11) is 0. The number of alkyl carbamates (subject to hydrolysis) is 1. The van der Waals surface area contributed by atoms with Crippen LogP contribution in [0.5, 0.6) is 0 Å². The van der Waals surface area contributed by atoms with E-state index in [2.05, 4.69) is 10.6 Å². The third-order valence-corrected chi connectivity index (χ3v) is 3.43. The third-order valence-electron chi connectivity index (χ3n) is 3.06. The van der Waals surface area contributed by atoms with Crippen LogP contribution in [0.1, 0.15) is 5.56 Å². The Bertz CT molecular complexity index is 590. The minimum atomic E-state index is -0.415. The van der Waals surface area contributed by atoms with Crippen LogP contribution >= 0.6 is 11.6 Å². The van der Waals surface area contributed by atoms with Gasteiger partial charge in [-0.05, 0) is 23.8 Å². The number of amides is 1. The molecule has 0 bridgehead atoms. The topological polar surface area (TPSA) is 50.4 Å². The average Bonchev–Trinajstić information content (AvgIpc) is 2.54. The van der Waals surface area contributed by atoms with Crippen molar-refractivity contribution in [1.82, 2.24) is 5.32 Å². The molecule has 2 aromatic rings. The Kier molecular flexibility index (Phi) is 6.58. The summed E-state index contributed by atoms with van der Waals surface area (Å²) >= 11 is 6.04. The molecule has 22 heavy (non-hydrogen) atoms. The number of carbonyl (C=O) groups excluding carboxylic acids is 1. The van der Waals surface area contributed by atoms with Gasteiger partial charge in [0.25, 0.3) is 0 Å². The maximum atomic E-state index is 11.5. The fourth-order valence-corrected chi connectivity index (χ4v) is 2.16. The number of ether oxygens (including phenoxy) is 1. The molecule has 2 N–H and O–H groups in total. The summed E-state index contributed by atoms with van der Waals surface area (Å²) in [5.41, 5.74) is 2.00. The Morgan fingerprint density at radius 3 is 2.50 bits per heavy atom. The lowest BCUT2D eigenvalue weighted by Gasteiger charge is -2.09. The predicted octanol–water partition coefficient (Wildman–Crippen LogP) is 3.72. The Labute approximate surface area is 135 Å². The molecule has 0 aromatic heterocycles. The van der Waals surface area contributed by atoms with Crippen molar-refractivity contribution in [2.75, 3.05) is 25.0 Å². The summed E-state index contributed by atoms with van der Waals surface area (Å²) in [5.74, 6) is 0. The van der Waals surface area contributed by atoms with E-state index in [-0.39, 0.29) is 0 Å². The van der Waals surface area contributed by atoms with Gasteiger partial charge in [-0.15, -0.1) is 0 Å². The van der Waals surface area contributed by atoms with E-state index in [4.69, 9.17) is 16.3 Å². The minimum absolute atomic E-state index is 0.307. The molecule has 5 heteroatoms. The molecule has 0 unspecified atom stereocenters. The number of rotatable bonds is 7. The summed E-state index contributed by atoms with van der Waals surface area (Å²) in [6, 6.07) is 17.4. The molecular formula is C17H19ClN2O2. The molecular weight excluding hydrogens is 300 g/mol. The molecule has 2 aromatic carbocycles. The summed E-state index contributed by atoms with van der Waals surface area (Å²) in [6.07, 6.45) is 0.192. The van der Waals surface area contributed by atoms with Crippen molar-refractivity contribution >= 4 is 23.4 Å². The number of anilines is 1. The molecule has 0 saturated heterocycles. The fourth-order valence-electron chi connectivity index (χ4n) is 1.93. The number of carbonyl (C=O) groups is 1. The smallest absolute Gasteiger partial charge is 0.407 e. The zero-order valence-corrected chi connectivity index (χ0v) is 13.0. The first-order valence-electron chi connectivity index (χ1n) is 7.18. The maximum absolute atomic E-state index is 11.5. The van der Waals surface area contributed by atoms with E-state index in [0.29, 0.717) is 31.1 Å². The van der Waals surface area contributed by atoms with E-state index < -0.39 is 6.09 Å². The van der Waals surface area contributed by atoms with Gasteiger partial charge in [0.15, 0.2) is 0 Å². The molecule has 0 saturated carbocycles. The minimum Gasteiger partial charge on any atom is -0.449 e. The summed E-state index contributed by atoms with van der Waals surface area (Å²) < 4.78 is 5.12. The van der Waals surface area contributed by atoms with Crippen LogP contribution in [-0.4, -0.2) is 25.8 Å². The second-order valence-corrected chi connectivity index (χ2v) is 5.10. The van der Waals surface area contributed by atoms with Crippen molar-refractivity contribution in [1.29, 1.82) is 0 Å². The van der Waals surface area contributed by atoms with E-state index in [0.717, 1.165) is 11.3 Å². The summed E-state index contributed by atoms with van der Waals surface area (Å²) in [5, 5.41) is 6.59. The predicted molar refractivity (Wildman–Crippen MR) is 89.4 cm³/mol. The number of benzene rings is 2. The van der Waals surface area contributed by atoms with Gasteiger partial charge in [-0.25, -0.2) is 4.79 Å². The van der Waals surface area contributed by atoms with Crippen molar-refractivity contribution in [3.63, 3.8) is 0 Å². The molecule has 0 atom stereocenters. The lowest BCUT2D eigenvalue weighted by Crippen LogP contribution is -2.29. The van der Waals surface area contributed by atoms with Gasteiger partial charge in [-0.2, -0.15) is 0 Å². The van der Waals surface area contributed by atoms with Gasteiger partial charge in [-0.3, -0.25) is 0 Å². The van der Waals surface area contributed by atoms with Crippen LogP contribution in [0, 0.1) is 0 Å². The van der Waals surface area contributed by atoms with Crippen LogP contribution in [0.2, 0.25) is 5.02 Å². The average molecular weight is 319 g/mol. The monoisotopic (exact) mass is 318 g/mol. The summed E-state index contributed by atoms with van der Waals surface area (Å²) in [4.78, 5) is 11.5. The Hall–Kier alpha value is -2.20. The molecule has 0 aliphatic carbocycles. The van der Waals surface area contributed by atoms with Crippen molar-refractivity contribution < 1.29 is 9.53 Å². The van der Waals surface area contributed by atoms with E-state index in [1.807, 2.05) is 54.6 Å². The van der Waals surface area contributed by atoms with Gasteiger partial charge in [0.05, 0.1) is 6.61 Å². The van der Waals surface area contributed by atoms with Gasteiger partial charge < -0.3 is 15.4 Å². The van der Waals surface area contributed by atoms with Gasteiger partial charge >= 0.3 is 6.09 Å². The molecule has 0 fully saturated rings. The van der Waals surface area contributed by atoms with Crippen molar-refractivity contribution in [2.45, 2.75) is 6.42 Å². The second kappa shape index (κ2) is 8.95. The van der Waals surface area contributed by atoms with E-state index in [9.17, 15) is 4.79 Å². The van der Waals surface area contributed by atoms with Crippen LogP contribution in [0.25, 0.3) is 0 Å². The highest BCUT2D eigenvalue weighted by Gasteiger charge is 2.03. The first-order valence-corrected chi connectivity index (χ1v) is 7.56. The molecule has 0 aliphatic heterocycles. The highest BCUT2D eigenvalue weighted by molar-refractivity contribution is 6.31. The van der Waals surface area contributed by atoms with Gasteiger partial charge in [0, 0.05) is 30.2 Å². The third kappa shape index (κ3) is 5.66. The second-order valence-electron chi connectivity index (χ2n) is 4.70. The van der Waals surface area contributed by atoms with Crippen LogP contribution in [0.15, 0.2) is 54.6 Å². The quantitative estimate of drug-likeness (QED) is 0.765. The molecule has 0 radical (unpaired) electrons. The van der Waals surface area contributed by atoms with Gasteiger partial charge in [0.1, 0.15) is 0 Å². The van der Waals surface area contributed by atoms with Crippen LogP contribution in [-0.2, 0) is 11.2 Å². The number of hydrogen-bond donors (Lipinski definition) is 2. The number of halogens is 1. The largest absolute Gasteiger partial charge is 0.449 e. The highest BCUT2D eigenvalue weighted by atomic mass is 35.5. The Balaban J connectivity index is 1.57. The van der Waals surface area contributed by atoms with Crippen molar-refractivity contribution in [2.24, 2.45) is 0 Å². The molecule has 4 nitrogen and oxygen atoms in total. The number of nitrogens with one attached hydrogen (secondary N) is 2. The van der Waals surface area contributed by atoms with E-state index in [1.54, 1.807) is 0 Å². The first kappa shape index (κ1) is 16.2. The first-order chi connectivity index (χ1) is 10.8. The lowest BCUT2D eigenvalue weighted by molar-refractivity contribution is 0.148. The van der Waals surface area contributed by atoms with Crippen LogP contribution in [0.3, 0.4) is 0 Å². The zero-order chi connectivity index (χ0) is 15.6. The molecule has 2 rings (SSSR count). The Morgan fingerprint density at radius 2 is 1.73 bits per heavy atom. The standard InChI is InChI=1S/C17H19ClN2O2/c18-16-9-5-4-6-14(16)10-13-22-17(21)20-12-11-19-15-7-2-1-3-8-15/h1-9,19H,10-13H2,(H,20,21). The molecule has 0 aliphatic rings. The lowest BCUT2D eigenvalue weighted by atomic mass is 10.2. The number of para-hydroxylation sites is 1. The molecule has 0 heterocycles. The van der Waals surface area contributed by atoms with E-state index in [1.165, 1.54) is 0 Å². The fraction of sp³-hybridized carbons (Fsp3) is 0.235. The molecule has 0 spiro atoms. The normalized spacial score (nSPS) is 10.0. The van der Waals surface area contributed by atoms with Crippen LogP contribution < -0.4 is 10.6 Å².